The van der Waals surface area contributed by atoms with Crippen molar-refractivity contribution in [3.8, 4) is 0 Å². The Labute approximate surface area is 136 Å². The van der Waals surface area contributed by atoms with Crippen LogP contribution in [0.25, 0.3) is 0 Å². The van der Waals surface area contributed by atoms with Crippen LogP contribution in [0.5, 0.6) is 0 Å². The third-order valence-electron chi connectivity index (χ3n) is 4.06. The molecule has 0 saturated carbocycles. The van der Waals surface area contributed by atoms with Gasteiger partial charge in [0.05, 0.1) is 4.90 Å². The molecular formula is C17H19FN2O2S. The van der Waals surface area contributed by atoms with Crippen molar-refractivity contribution in [3.63, 3.8) is 0 Å². The fourth-order valence-corrected chi connectivity index (χ4v) is 4.29. The van der Waals surface area contributed by atoms with Crippen molar-refractivity contribution < 1.29 is 12.8 Å². The highest BCUT2D eigenvalue weighted by Crippen LogP contribution is 2.21. The molecule has 4 nitrogen and oxygen atoms in total. The maximum atomic E-state index is 13.0. The molecule has 0 spiro atoms. The number of rotatable bonds is 3. The van der Waals surface area contributed by atoms with Gasteiger partial charge in [-0.2, -0.15) is 4.31 Å². The van der Waals surface area contributed by atoms with Crippen molar-refractivity contribution >= 4 is 15.7 Å². The Morgan fingerprint density at radius 2 is 1.61 bits per heavy atom. The molecule has 2 aromatic rings. The van der Waals surface area contributed by atoms with Gasteiger partial charge in [-0.1, -0.05) is 12.1 Å². The second-order valence-corrected chi connectivity index (χ2v) is 7.62. The Hall–Kier alpha value is -1.92. The summed E-state index contributed by atoms with van der Waals surface area (Å²) in [5.74, 6) is -0.269. The third-order valence-corrected chi connectivity index (χ3v) is 5.95. The van der Waals surface area contributed by atoms with Gasteiger partial charge in [0, 0.05) is 31.9 Å². The number of aryl methyl sites for hydroxylation is 1. The minimum absolute atomic E-state index is 0.269. The number of benzene rings is 2. The van der Waals surface area contributed by atoms with Crippen LogP contribution in [0.3, 0.4) is 0 Å². The quantitative estimate of drug-likeness (QED) is 0.866. The summed E-state index contributed by atoms with van der Waals surface area (Å²) in [4.78, 5) is 2.41. The van der Waals surface area contributed by atoms with Crippen LogP contribution in [0, 0.1) is 12.7 Å². The summed E-state index contributed by atoms with van der Waals surface area (Å²) in [6.45, 7) is 3.92. The van der Waals surface area contributed by atoms with E-state index in [2.05, 4.69) is 4.90 Å². The topological polar surface area (TPSA) is 40.6 Å². The lowest BCUT2D eigenvalue weighted by atomic mass is 10.2. The van der Waals surface area contributed by atoms with Gasteiger partial charge in [0.15, 0.2) is 0 Å². The molecular weight excluding hydrogens is 315 g/mol. The standard InChI is InChI=1S/C17H19FN2O2S/c1-14-3-2-4-17(13-14)23(21,22)20-11-9-19(10-12-20)16-7-5-15(18)6-8-16/h2-8,13H,9-12H2,1H3. The Balaban J connectivity index is 1.72. The molecule has 23 heavy (non-hydrogen) atoms. The minimum atomic E-state index is -3.45. The largest absolute Gasteiger partial charge is 0.369 e. The summed E-state index contributed by atoms with van der Waals surface area (Å²) >= 11 is 0. The summed E-state index contributed by atoms with van der Waals surface area (Å²) in [5, 5.41) is 0. The highest BCUT2D eigenvalue weighted by Gasteiger charge is 2.28. The van der Waals surface area contributed by atoms with E-state index in [1.807, 2.05) is 13.0 Å². The summed E-state index contributed by atoms with van der Waals surface area (Å²) in [5.41, 5.74) is 1.84. The molecule has 2 aromatic carbocycles. The maximum absolute atomic E-state index is 13.0. The van der Waals surface area contributed by atoms with E-state index in [0.29, 0.717) is 31.1 Å². The van der Waals surface area contributed by atoms with E-state index in [4.69, 9.17) is 0 Å². The van der Waals surface area contributed by atoms with E-state index in [1.54, 1.807) is 30.3 Å². The van der Waals surface area contributed by atoms with Gasteiger partial charge in [0.1, 0.15) is 5.82 Å². The van der Waals surface area contributed by atoms with Crippen LogP contribution in [0.1, 0.15) is 5.56 Å². The third kappa shape index (κ3) is 3.38. The molecule has 0 bridgehead atoms. The van der Waals surface area contributed by atoms with Gasteiger partial charge in [-0.05, 0) is 48.9 Å². The van der Waals surface area contributed by atoms with Crippen LogP contribution in [0.15, 0.2) is 53.4 Å². The van der Waals surface area contributed by atoms with Crippen LogP contribution in [0.2, 0.25) is 0 Å². The van der Waals surface area contributed by atoms with Crippen LogP contribution in [-0.4, -0.2) is 38.9 Å². The highest BCUT2D eigenvalue weighted by molar-refractivity contribution is 7.89. The van der Waals surface area contributed by atoms with Crippen molar-refractivity contribution in [2.45, 2.75) is 11.8 Å². The number of hydrogen-bond donors (Lipinski definition) is 0. The van der Waals surface area contributed by atoms with E-state index in [-0.39, 0.29) is 5.82 Å². The highest BCUT2D eigenvalue weighted by atomic mass is 32.2. The lowest BCUT2D eigenvalue weighted by Crippen LogP contribution is -2.48. The average molecular weight is 334 g/mol. The Kier molecular flexibility index (Phi) is 4.37. The molecule has 0 aromatic heterocycles. The van der Waals surface area contributed by atoms with Crippen LogP contribution in [0.4, 0.5) is 10.1 Å². The molecule has 1 aliphatic heterocycles. The molecule has 6 heteroatoms. The molecule has 0 aliphatic carbocycles. The molecule has 0 N–H and O–H groups in total. The maximum Gasteiger partial charge on any atom is 0.243 e. The summed E-state index contributed by atoms with van der Waals surface area (Å²) in [7, 11) is -3.45. The van der Waals surface area contributed by atoms with E-state index in [0.717, 1.165) is 11.3 Å². The molecule has 0 amide bonds. The lowest BCUT2D eigenvalue weighted by Gasteiger charge is -2.35. The number of nitrogens with zero attached hydrogens (tertiary/aromatic N) is 2. The first-order valence-corrected chi connectivity index (χ1v) is 8.98. The fraction of sp³-hybridized carbons (Fsp3) is 0.294. The first kappa shape index (κ1) is 16.0. The van der Waals surface area contributed by atoms with Gasteiger partial charge in [-0.3, -0.25) is 0 Å². The van der Waals surface area contributed by atoms with Crippen LogP contribution < -0.4 is 4.90 Å². The number of hydrogen-bond acceptors (Lipinski definition) is 3. The number of sulfonamides is 1. The molecule has 0 radical (unpaired) electrons. The van der Waals surface area contributed by atoms with Gasteiger partial charge in [0.25, 0.3) is 0 Å². The first-order valence-electron chi connectivity index (χ1n) is 7.54. The van der Waals surface area contributed by atoms with Crippen LogP contribution in [-0.2, 0) is 10.0 Å². The monoisotopic (exact) mass is 334 g/mol. The first-order chi connectivity index (χ1) is 11.0. The summed E-state index contributed by atoms with van der Waals surface area (Å²) in [6, 6.07) is 13.3. The predicted molar refractivity (Wildman–Crippen MR) is 88.6 cm³/mol. The Morgan fingerprint density at radius 1 is 0.957 bits per heavy atom. The van der Waals surface area contributed by atoms with Crippen molar-refractivity contribution in [2.24, 2.45) is 0 Å². The number of piperazine rings is 1. The number of anilines is 1. The predicted octanol–water partition coefficient (Wildman–Crippen LogP) is 2.65. The van der Waals surface area contributed by atoms with Gasteiger partial charge in [-0.15, -0.1) is 0 Å². The second kappa shape index (κ2) is 6.29. The zero-order valence-corrected chi connectivity index (χ0v) is 13.8. The van der Waals surface area contributed by atoms with Crippen molar-refractivity contribution in [1.29, 1.82) is 0 Å². The van der Waals surface area contributed by atoms with E-state index in [1.165, 1.54) is 16.4 Å². The van der Waals surface area contributed by atoms with E-state index in [9.17, 15) is 12.8 Å². The average Bonchev–Trinajstić information content (AvgIpc) is 2.56. The van der Waals surface area contributed by atoms with Crippen LogP contribution >= 0.6 is 0 Å². The molecule has 1 fully saturated rings. The SMILES string of the molecule is Cc1cccc(S(=O)(=O)N2CCN(c3ccc(F)cc3)CC2)c1. The van der Waals surface area contributed by atoms with Crippen molar-refractivity contribution in [1.82, 2.24) is 4.31 Å². The summed E-state index contributed by atoms with van der Waals surface area (Å²) < 4.78 is 39.9. The molecule has 1 aliphatic rings. The van der Waals surface area contributed by atoms with Gasteiger partial charge >= 0.3 is 0 Å². The van der Waals surface area contributed by atoms with Crippen molar-refractivity contribution in [2.75, 3.05) is 31.1 Å². The van der Waals surface area contributed by atoms with Gasteiger partial charge in [-0.25, -0.2) is 12.8 Å². The molecule has 3 rings (SSSR count). The van der Waals surface area contributed by atoms with E-state index < -0.39 is 10.0 Å². The van der Waals surface area contributed by atoms with E-state index >= 15 is 0 Å². The zero-order chi connectivity index (χ0) is 16.4. The smallest absolute Gasteiger partial charge is 0.243 e. The Bertz CT molecular complexity index is 782. The normalized spacial score (nSPS) is 16.5. The van der Waals surface area contributed by atoms with Crippen molar-refractivity contribution in [3.05, 3.63) is 59.9 Å². The molecule has 0 unspecified atom stereocenters. The van der Waals surface area contributed by atoms with Gasteiger partial charge < -0.3 is 4.90 Å². The molecule has 1 heterocycles. The number of halogens is 1. The Morgan fingerprint density at radius 3 is 2.22 bits per heavy atom. The molecule has 0 atom stereocenters. The fourth-order valence-electron chi connectivity index (χ4n) is 2.76. The summed E-state index contributed by atoms with van der Waals surface area (Å²) in [6.07, 6.45) is 0. The molecule has 1 saturated heterocycles. The zero-order valence-electron chi connectivity index (χ0n) is 12.9. The lowest BCUT2D eigenvalue weighted by molar-refractivity contribution is 0.385. The second-order valence-electron chi connectivity index (χ2n) is 5.68. The molecule has 122 valence electrons. The minimum Gasteiger partial charge on any atom is -0.369 e. The van der Waals surface area contributed by atoms with Gasteiger partial charge in [0.2, 0.25) is 10.0 Å².